The number of carbonyl (C=O) groups excluding carboxylic acids is 2. The Kier molecular flexibility index (Phi) is 10.1. The van der Waals surface area contributed by atoms with Crippen molar-refractivity contribution in [2.45, 2.75) is 41.4 Å². The van der Waals surface area contributed by atoms with Crippen molar-refractivity contribution in [3.63, 3.8) is 0 Å². The molecule has 0 unspecified atom stereocenters. The molecule has 0 saturated heterocycles. The molecule has 2 amide bonds. The van der Waals surface area contributed by atoms with Crippen LogP contribution >= 0.6 is 35.0 Å². The predicted molar refractivity (Wildman–Crippen MR) is 162 cm³/mol. The molecule has 4 aromatic rings. The van der Waals surface area contributed by atoms with Crippen LogP contribution in [0.25, 0.3) is 10.9 Å². The van der Waals surface area contributed by atoms with Gasteiger partial charge in [-0.15, -0.1) is 0 Å². The summed E-state index contributed by atoms with van der Waals surface area (Å²) >= 11 is 14.0. The van der Waals surface area contributed by atoms with Crippen LogP contribution in [0.3, 0.4) is 0 Å². The highest BCUT2D eigenvalue weighted by Gasteiger charge is 2.30. The number of carbonyl (C=O) groups is 2. The third-order valence-corrected chi connectivity index (χ3v) is 8.43. The van der Waals surface area contributed by atoms with Gasteiger partial charge in [-0.05, 0) is 53.1 Å². The van der Waals surface area contributed by atoms with E-state index < -0.39 is 18.0 Å². The number of nitrogens with two attached hydrogens (primary N) is 3. The molecule has 8 N–H and O–H groups in total. The molecule has 8 nitrogen and oxygen atoms in total. The average Bonchev–Trinajstić information content (AvgIpc) is 3.36. The molecule has 0 bridgehead atoms. The number of benzene rings is 3. The molecule has 0 fully saturated rings. The number of amides is 2. The van der Waals surface area contributed by atoms with Gasteiger partial charge in [0.2, 0.25) is 11.8 Å². The number of hydrogen-bond acceptors (Lipinski definition) is 6. The summed E-state index contributed by atoms with van der Waals surface area (Å²) in [5, 5.41) is 5.08. The van der Waals surface area contributed by atoms with Crippen molar-refractivity contribution in [2.75, 3.05) is 13.6 Å². The van der Waals surface area contributed by atoms with E-state index in [0.717, 1.165) is 37.4 Å². The number of fused-ring (bicyclic) bond motifs is 1. The number of nitrogens with one attached hydrogen (secondary N) is 2. The van der Waals surface area contributed by atoms with Crippen molar-refractivity contribution in [1.82, 2.24) is 15.2 Å². The van der Waals surface area contributed by atoms with Crippen molar-refractivity contribution < 1.29 is 9.59 Å². The van der Waals surface area contributed by atoms with Gasteiger partial charge < -0.3 is 32.4 Å². The minimum absolute atomic E-state index is 0.0313. The summed E-state index contributed by atoms with van der Waals surface area (Å²) in [5.41, 5.74) is 21.1. The molecule has 0 spiro atoms. The summed E-state index contributed by atoms with van der Waals surface area (Å²) in [4.78, 5) is 33.2. The average molecular weight is 600 g/mol. The Morgan fingerprint density at radius 1 is 0.975 bits per heavy atom. The minimum atomic E-state index is -0.916. The molecule has 1 heterocycles. The van der Waals surface area contributed by atoms with Crippen molar-refractivity contribution in [3.05, 3.63) is 93.6 Å². The lowest BCUT2D eigenvalue weighted by Crippen LogP contribution is -2.54. The minimum Gasteiger partial charge on any atom is -0.361 e. The Balaban J connectivity index is 1.59. The Hall–Kier alpha value is -3.05. The summed E-state index contributed by atoms with van der Waals surface area (Å²) in [6.45, 7) is 0.587. The Bertz CT molecular complexity index is 1510. The van der Waals surface area contributed by atoms with E-state index in [9.17, 15) is 9.59 Å². The zero-order valence-corrected chi connectivity index (χ0v) is 24.3. The van der Waals surface area contributed by atoms with E-state index in [0.29, 0.717) is 16.6 Å². The largest absolute Gasteiger partial charge is 0.361 e. The lowest BCUT2D eigenvalue weighted by Gasteiger charge is -2.29. The summed E-state index contributed by atoms with van der Waals surface area (Å²) in [5.74, 6) is -0.746. The third kappa shape index (κ3) is 6.98. The van der Waals surface area contributed by atoms with E-state index in [-0.39, 0.29) is 25.4 Å². The van der Waals surface area contributed by atoms with Crippen LogP contribution in [0.5, 0.6) is 0 Å². The third-order valence-electron chi connectivity index (χ3n) is 6.72. The Morgan fingerprint density at radius 3 is 2.42 bits per heavy atom. The van der Waals surface area contributed by atoms with Crippen molar-refractivity contribution >= 4 is 57.7 Å². The van der Waals surface area contributed by atoms with Gasteiger partial charge in [0.05, 0.1) is 6.04 Å². The molecule has 210 valence electrons. The first-order valence-corrected chi connectivity index (χ1v) is 14.3. The van der Waals surface area contributed by atoms with Gasteiger partial charge >= 0.3 is 0 Å². The fourth-order valence-electron chi connectivity index (χ4n) is 4.43. The van der Waals surface area contributed by atoms with E-state index in [4.69, 9.17) is 40.4 Å². The maximum Gasteiger partial charge on any atom is 0.243 e. The van der Waals surface area contributed by atoms with Gasteiger partial charge in [-0.2, -0.15) is 0 Å². The van der Waals surface area contributed by atoms with Gasteiger partial charge in [-0.1, -0.05) is 59.2 Å². The standard InChI is InChI=1S/C29H32Cl2N6O2S/c1-37(29(39)23(34)14-33)25(11-18-15-35-24-12-21(31)6-8-22(18)24)28(38)36-16-19-10-20(30)7-9-27(19)40-26-5-3-2-4-17(26)13-32/h2-10,12,15,23,25,35H,11,13-14,16,32-34H2,1H3,(H,36,38)/t23-,25-/m0/s1. The molecule has 11 heteroatoms. The number of likely N-dealkylation sites (N-methyl/N-ethyl adjacent to an activating group) is 1. The summed E-state index contributed by atoms with van der Waals surface area (Å²) in [7, 11) is 1.57. The maximum atomic E-state index is 13.7. The molecule has 0 saturated carbocycles. The number of aromatic nitrogens is 1. The Morgan fingerprint density at radius 2 is 1.68 bits per heavy atom. The van der Waals surface area contributed by atoms with Crippen LogP contribution in [0.2, 0.25) is 10.0 Å². The number of H-pyrrole nitrogens is 1. The number of rotatable bonds is 11. The fraction of sp³-hybridized carbons (Fsp3) is 0.241. The molecule has 0 aliphatic rings. The van der Waals surface area contributed by atoms with Crippen molar-refractivity contribution in [1.29, 1.82) is 0 Å². The first-order chi connectivity index (χ1) is 19.2. The van der Waals surface area contributed by atoms with E-state index >= 15 is 0 Å². The van der Waals surface area contributed by atoms with Crippen LogP contribution in [0.15, 0.2) is 76.7 Å². The monoisotopic (exact) mass is 598 g/mol. The molecule has 40 heavy (non-hydrogen) atoms. The second kappa shape index (κ2) is 13.5. The summed E-state index contributed by atoms with van der Waals surface area (Å²) in [6, 6.07) is 17.2. The fourth-order valence-corrected chi connectivity index (χ4v) is 5.86. The first kappa shape index (κ1) is 29.9. The van der Waals surface area contributed by atoms with Gasteiger partial charge in [-0.3, -0.25) is 9.59 Å². The number of nitrogens with zero attached hydrogens (tertiary/aromatic N) is 1. The number of hydrogen-bond donors (Lipinski definition) is 5. The number of halogens is 2. The van der Waals surface area contributed by atoms with Crippen LogP contribution < -0.4 is 22.5 Å². The molecule has 0 aliphatic heterocycles. The van der Waals surface area contributed by atoms with Crippen molar-refractivity contribution in [2.24, 2.45) is 17.2 Å². The second-order valence-electron chi connectivity index (χ2n) is 9.40. The lowest BCUT2D eigenvalue weighted by atomic mass is 10.0. The summed E-state index contributed by atoms with van der Waals surface area (Å²) in [6.07, 6.45) is 2.08. The first-order valence-electron chi connectivity index (χ1n) is 12.7. The van der Waals surface area contributed by atoms with Gasteiger partial charge in [0.1, 0.15) is 6.04 Å². The topological polar surface area (TPSA) is 143 Å². The molecular weight excluding hydrogens is 567 g/mol. The highest BCUT2D eigenvalue weighted by Crippen LogP contribution is 2.34. The SMILES string of the molecule is CN(C(=O)[C@@H](N)CN)[C@@H](Cc1c[nH]c2cc(Cl)ccc12)C(=O)NCc1cc(Cl)ccc1Sc1ccccc1CN. The molecular formula is C29H32Cl2N6O2S. The van der Waals surface area contributed by atoms with Crippen LogP contribution in [-0.2, 0) is 29.1 Å². The zero-order chi connectivity index (χ0) is 28.8. The lowest BCUT2D eigenvalue weighted by molar-refractivity contribution is -0.139. The van der Waals surface area contributed by atoms with Crippen LogP contribution in [0.1, 0.15) is 16.7 Å². The van der Waals surface area contributed by atoms with Gasteiger partial charge in [0.15, 0.2) is 0 Å². The zero-order valence-electron chi connectivity index (χ0n) is 22.0. The van der Waals surface area contributed by atoms with E-state index in [2.05, 4.69) is 10.3 Å². The van der Waals surface area contributed by atoms with Gasteiger partial charge in [0.25, 0.3) is 0 Å². The molecule has 3 aromatic carbocycles. The molecule has 0 aliphatic carbocycles. The van der Waals surface area contributed by atoms with Gasteiger partial charge in [0, 0.05) is 70.0 Å². The molecule has 2 atom stereocenters. The van der Waals surface area contributed by atoms with E-state index in [1.54, 1.807) is 24.9 Å². The summed E-state index contributed by atoms with van der Waals surface area (Å²) < 4.78 is 0. The van der Waals surface area contributed by atoms with Crippen LogP contribution in [0, 0.1) is 0 Å². The maximum absolute atomic E-state index is 13.7. The van der Waals surface area contributed by atoms with Crippen LogP contribution in [-0.4, -0.2) is 47.4 Å². The quantitative estimate of drug-likeness (QED) is 0.176. The normalized spacial score (nSPS) is 12.8. The van der Waals surface area contributed by atoms with Crippen molar-refractivity contribution in [3.8, 4) is 0 Å². The van der Waals surface area contributed by atoms with E-state index in [1.165, 1.54) is 4.90 Å². The highest BCUT2D eigenvalue weighted by atomic mass is 35.5. The predicted octanol–water partition coefficient (Wildman–Crippen LogP) is 4.06. The molecule has 0 radical (unpaired) electrons. The number of aromatic amines is 1. The second-order valence-corrected chi connectivity index (χ2v) is 11.4. The molecule has 1 aromatic heterocycles. The highest BCUT2D eigenvalue weighted by molar-refractivity contribution is 7.99. The van der Waals surface area contributed by atoms with Gasteiger partial charge in [-0.25, -0.2) is 0 Å². The van der Waals surface area contributed by atoms with Crippen LogP contribution in [0.4, 0.5) is 0 Å². The molecule has 4 rings (SSSR count). The van der Waals surface area contributed by atoms with E-state index in [1.807, 2.05) is 60.8 Å². The Labute approximate surface area is 247 Å². The smallest absolute Gasteiger partial charge is 0.243 e.